The fourth-order valence-corrected chi connectivity index (χ4v) is 5.00. The first kappa shape index (κ1) is 26.8. The lowest BCUT2D eigenvalue weighted by atomic mass is 9.96. The maximum atomic E-state index is 13.2. The molecule has 1 saturated heterocycles. The Balaban J connectivity index is 1.19. The Morgan fingerprint density at radius 1 is 1.10 bits per heavy atom. The number of piperidine rings is 1. The largest absolute Gasteiger partial charge is 0.348 e. The molecule has 1 fully saturated rings. The van der Waals surface area contributed by atoms with Crippen molar-refractivity contribution in [2.24, 2.45) is 5.92 Å². The van der Waals surface area contributed by atoms with Crippen molar-refractivity contribution in [1.82, 2.24) is 25.3 Å². The van der Waals surface area contributed by atoms with Gasteiger partial charge in [-0.15, -0.1) is 0 Å². The third-order valence-corrected chi connectivity index (χ3v) is 7.03. The molecule has 9 nitrogen and oxygen atoms in total. The van der Waals surface area contributed by atoms with Crippen LogP contribution in [0.5, 0.6) is 0 Å². The Bertz CT molecular complexity index is 1460. The van der Waals surface area contributed by atoms with Crippen LogP contribution in [0.1, 0.15) is 34.7 Å². The number of carbonyl (C=O) groups excluding carboxylic acids is 2. The second-order valence-electron chi connectivity index (χ2n) is 9.29. The third kappa shape index (κ3) is 6.81. The van der Waals surface area contributed by atoms with Gasteiger partial charge >= 0.3 is 0 Å². The van der Waals surface area contributed by atoms with E-state index in [-0.39, 0.29) is 17.7 Å². The van der Waals surface area contributed by atoms with Gasteiger partial charge in [0.25, 0.3) is 5.91 Å². The molecule has 39 heavy (non-hydrogen) atoms. The summed E-state index contributed by atoms with van der Waals surface area (Å²) >= 11 is 12.3. The fraction of sp³-hybridized carbons (Fsp3) is 0.250. The molecule has 3 heterocycles. The summed E-state index contributed by atoms with van der Waals surface area (Å²) in [5.41, 5.74) is 2.40. The Morgan fingerprint density at radius 3 is 2.79 bits per heavy atom. The molecule has 2 amide bonds. The Morgan fingerprint density at radius 2 is 1.97 bits per heavy atom. The van der Waals surface area contributed by atoms with Crippen LogP contribution in [0.4, 0.5) is 5.69 Å². The highest BCUT2D eigenvalue weighted by atomic mass is 35.5. The van der Waals surface area contributed by atoms with Gasteiger partial charge in [-0.2, -0.15) is 4.98 Å². The Hall–Kier alpha value is -3.79. The van der Waals surface area contributed by atoms with Gasteiger partial charge in [-0.05, 0) is 61.3 Å². The number of para-hydroxylation sites is 1. The molecule has 0 radical (unpaired) electrons. The summed E-state index contributed by atoms with van der Waals surface area (Å²) in [5, 5.41) is 10.9. The molecule has 4 aromatic rings. The zero-order chi connectivity index (χ0) is 27.2. The summed E-state index contributed by atoms with van der Waals surface area (Å²) in [5.74, 6) is 0.168. The van der Waals surface area contributed by atoms with Crippen LogP contribution >= 0.6 is 23.2 Å². The average Bonchev–Trinajstić information content (AvgIpc) is 3.40. The van der Waals surface area contributed by atoms with Crippen LogP contribution in [0.15, 0.2) is 71.5 Å². The molecule has 1 unspecified atom stereocenters. The topological polar surface area (TPSA) is 113 Å². The lowest BCUT2D eigenvalue weighted by Gasteiger charge is -2.31. The predicted molar refractivity (Wildman–Crippen MR) is 148 cm³/mol. The van der Waals surface area contributed by atoms with Gasteiger partial charge in [0.05, 0.1) is 28.7 Å². The number of nitrogens with one attached hydrogen (secondary N) is 2. The molecule has 11 heteroatoms. The van der Waals surface area contributed by atoms with Crippen LogP contribution in [0.3, 0.4) is 0 Å². The summed E-state index contributed by atoms with van der Waals surface area (Å²) in [6, 6.07) is 15.8. The minimum Gasteiger partial charge on any atom is -0.348 e. The SMILES string of the molecule is O=C(NCc1cccnc1)c1ccccc1NC(=O)C1CCCN(Cc2nc(-c3ccc(Cl)cc3Cl)no2)C1. The average molecular weight is 565 g/mol. The van der Waals surface area contributed by atoms with Crippen LogP contribution in [0.2, 0.25) is 10.0 Å². The van der Waals surface area contributed by atoms with E-state index < -0.39 is 0 Å². The van der Waals surface area contributed by atoms with Crippen LogP contribution in [-0.2, 0) is 17.9 Å². The predicted octanol–water partition coefficient (Wildman–Crippen LogP) is 5.22. The number of likely N-dealkylation sites (tertiary alicyclic amines) is 1. The maximum absolute atomic E-state index is 13.2. The molecule has 1 aliphatic rings. The third-order valence-electron chi connectivity index (χ3n) is 6.48. The van der Waals surface area contributed by atoms with Gasteiger partial charge in [-0.1, -0.05) is 46.6 Å². The van der Waals surface area contributed by atoms with Crippen molar-refractivity contribution in [2.45, 2.75) is 25.9 Å². The molecule has 2 aromatic carbocycles. The smallest absolute Gasteiger partial charge is 0.253 e. The number of hydrogen-bond donors (Lipinski definition) is 2. The van der Waals surface area contributed by atoms with Crippen LogP contribution in [0, 0.1) is 5.92 Å². The van der Waals surface area contributed by atoms with E-state index in [4.69, 9.17) is 27.7 Å². The molecule has 5 rings (SSSR count). The minimum absolute atomic E-state index is 0.133. The molecular weight excluding hydrogens is 539 g/mol. The number of hydrogen-bond acceptors (Lipinski definition) is 7. The molecule has 2 N–H and O–H groups in total. The van der Waals surface area contributed by atoms with Crippen molar-refractivity contribution in [3.05, 3.63) is 94.1 Å². The van der Waals surface area contributed by atoms with Crippen LogP contribution < -0.4 is 10.6 Å². The summed E-state index contributed by atoms with van der Waals surface area (Å²) in [7, 11) is 0. The second kappa shape index (κ2) is 12.4. The number of aromatic nitrogens is 3. The normalized spacial score (nSPS) is 15.6. The highest BCUT2D eigenvalue weighted by Gasteiger charge is 2.28. The molecule has 1 aliphatic heterocycles. The van der Waals surface area contributed by atoms with Gasteiger partial charge in [0.15, 0.2) is 0 Å². The number of rotatable bonds is 8. The Kier molecular flexibility index (Phi) is 8.51. The maximum Gasteiger partial charge on any atom is 0.253 e. The number of amides is 2. The Labute approximate surface area is 235 Å². The zero-order valence-corrected chi connectivity index (χ0v) is 22.5. The monoisotopic (exact) mass is 564 g/mol. The van der Waals surface area contributed by atoms with E-state index in [0.717, 1.165) is 24.9 Å². The van der Waals surface area contributed by atoms with Crippen LogP contribution in [-0.4, -0.2) is 44.9 Å². The minimum atomic E-state index is -0.270. The highest BCUT2D eigenvalue weighted by molar-refractivity contribution is 6.36. The quantitative estimate of drug-likeness (QED) is 0.301. The fourth-order valence-electron chi connectivity index (χ4n) is 4.51. The molecule has 0 spiro atoms. The molecule has 0 aliphatic carbocycles. The van der Waals surface area contributed by atoms with E-state index in [1.807, 2.05) is 12.1 Å². The van der Waals surface area contributed by atoms with E-state index >= 15 is 0 Å². The van der Waals surface area contributed by atoms with Gasteiger partial charge in [0.2, 0.25) is 17.6 Å². The first-order chi connectivity index (χ1) is 19.0. The standard InChI is InChI=1S/C28H26Cl2N6O3/c29-20-9-10-21(23(30)13-20)26-34-25(39-35-26)17-36-12-4-6-19(16-36)27(37)33-24-8-2-1-7-22(24)28(38)32-15-18-5-3-11-31-14-18/h1-3,5,7-11,13-14,19H,4,6,12,15-17H2,(H,32,38)(H,33,37). The number of pyridine rings is 1. The molecule has 0 saturated carbocycles. The van der Waals surface area contributed by atoms with Gasteiger partial charge in [0.1, 0.15) is 0 Å². The van der Waals surface area contributed by atoms with Gasteiger partial charge in [-0.25, -0.2) is 0 Å². The number of halogens is 2. The van der Waals surface area contributed by atoms with E-state index in [9.17, 15) is 9.59 Å². The van der Waals surface area contributed by atoms with Crippen molar-refractivity contribution in [3.63, 3.8) is 0 Å². The second-order valence-corrected chi connectivity index (χ2v) is 10.1. The van der Waals surface area contributed by atoms with Crippen LogP contribution in [0.25, 0.3) is 11.4 Å². The van der Waals surface area contributed by atoms with E-state index in [1.54, 1.807) is 54.9 Å². The van der Waals surface area contributed by atoms with Crippen molar-refractivity contribution < 1.29 is 14.1 Å². The number of carbonyl (C=O) groups is 2. The first-order valence-corrected chi connectivity index (χ1v) is 13.3. The highest BCUT2D eigenvalue weighted by Crippen LogP contribution is 2.29. The number of benzene rings is 2. The van der Waals surface area contributed by atoms with Crippen molar-refractivity contribution in [1.29, 1.82) is 0 Å². The van der Waals surface area contributed by atoms with E-state index in [1.165, 1.54) is 0 Å². The van der Waals surface area contributed by atoms with Gasteiger partial charge in [0, 0.05) is 36.1 Å². The summed E-state index contributed by atoms with van der Waals surface area (Å²) in [4.78, 5) is 36.7. The van der Waals surface area contributed by atoms with Crippen molar-refractivity contribution in [3.8, 4) is 11.4 Å². The number of anilines is 1. The lowest BCUT2D eigenvalue weighted by Crippen LogP contribution is -2.40. The van der Waals surface area contributed by atoms with E-state index in [2.05, 4.69) is 30.7 Å². The summed E-state index contributed by atoms with van der Waals surface area (Å²) < 4.78 is 5.45. The van der Waals surface area contributed by atoms with Gasteiger partial charge < -0.3 is 15.2 Å². The van der Waals surface area contributed by atoms with Gasteiger partial charge in [-0.3, -0.25) is 19.5 Å². The molecule has 200 valence electrons. The molecular formula is C28H26Cl2N6O3. The molecule has 2 aromatic heterocycles. The summed E-state index contributed by atoms with van der Waals surface area (Å²) in [6.07, 6.45) is 4.96. The molecule has 0 bridgehead atoms. The lowest BCUT2D eigenvalue weighted by molar-refractivity contribution is -0.121. The summed E-state index contributed by atoms with van der Waals surface area (Å²) in [6.45, 7) is 2.08. The molecule has 1 atom stereocenters. The van der Waals surface area contributed by atoms with E-state index in [0.29, 0.717) is 58.2 Å². The van der Waals surface area contributed by atoms with Crippen molar-refractivity contribution >= 4 is 40.7 Å². The van der Waals surface area contributed by atoms with Crippen molar-refractivity contribution in [2.75, 3.05) is 18.4 Å². The number of nitrogens with zero attached hydrogens (tertiary/aromatic N) is 4. The zero-order valence-electron chi connectivity index (χ0n) is 20.9. The first-order valence-electron chi connectivity index (χ1n) is 12.5.